The van der Waals surface area contributed by atoms with E-state index in [0.717, 1.165) is 16.8 Å². The molecule has 0 aromatic heterocycles. The second kappa shape index (κ2) is 10.1. The van der Waals surface area contributed by atoms with Gasteiger partial charge < -0.3 is 24.4 Å². The van der Waals surface area contributed by atoms with Gasteiger partial charge >= 0.3 is 5.97 Å². The van der Waals surface area contributed by atoms with E-state index in [1.54, 1.807) is 22.8 Å². The van der Waals surface area contributed by atoms with Crippen molar-refractivity contribution in [2.45, 2.75) is 64.2 Å². The van der Waals surface area contributed by atoms with Gasteiger partial charge in [0, 0.05) is 25.4 Å². The molecular formula is C27H36N2O6. The molecule has 8 heteroatoms. The molecule has 1 aromatic rings. The molecule has 1 N–H and O–H groups in total. The standard InChI is InChI=1S/C27H36N2O6/c1-5-13-28(19-16-17(3)9-10-18(19)4)25(32)23-27-12-11-20(35-27)21(26(33)34-6-2)22(27)24(31)29(23)14-7-8-15-30/h5,9-10,16,20-23,30H,1,6-8,11-15H2,2-4H3/t20-,21+,22+,23-,27+/m0/s1. The summed E-state index contributed by atoms with van der Waals surface area (Å²) in [5.41, 5.74) is 1.67. The van der Waals surface area contributed by atoms with E-state index >= 15 is 0 Å². The van der Waals surface area contributed by atoms with Crippen molar-refractivity contribution < 1.29 is 29.0 Å². The third-order valence-electron chi connectivity index (χ3n) is 7.63. The van der Waals surface area contributed by atoms with Crippen LogP contribution in [0, 0.1) is 25.7 Å². The highest BCUT2D eigenvalue weighted by Gasteiger charge is 2.75. The third kappa shape index (κ3) is 4.16. The number of hydrogen-bond donors (Lipinski definition) is 1. The Bertz CT molecular complexity index is 1010. The van der Waals surface area contributed by atoms with E-state index in [9.17, 15) is 19.5 Å². The van der Waals surface area contributed by atoms with Gasteiger partial charge in [-0.1, -0.05) is 18.2 Å². The Labute approximate surface area is 206 Å². The van der Waals surface area contributed by atoms with Gasteiger partial charge in [-0.2, -0.15) is 0 Å². The lowest BCUT2D eigenvalue weighted by molar-refractivity contribution is -0.154. The van der Waals surface area contributed by atoms with Crippen LogP contribution in [-0.4, -0.2) is 71.8 Å². The highest BCUT2D eigenvalue weighted by Crippen LogP contribution is 2.59. The summed E-state index contributed by atoms with van der Waals surface area (Å²) in [6.45, 7) is 10.3. The molecule has 0 radical (unpaired) electrons. The van der Waals surface area contributed by atoms with Crippen LogP contribution < -0.4 is 4.90 Å². The number of aryl methyl sites for hydroxylation is 2. The van der Waals surface area contributed by atoms with Crippen LogP contribution in [0.5, 0.6) is 0 Å². The maximum atomic E-state index is 14.4. The van der Waals surface area contributed by atoms with Crippen LogP contribution in [-0.2, 0) is 23.9 Å². The second-order valence-electron chi connectivity index (χ2n) is 9.80. The van der Waals surface area contributed by atoms with Crippen molar-refractivity contribution in [1.29, 1.82) is 0 Å². The number of likely N-dealkylation sites (tertiary alicyclic amines) is 1. The minimum Gasteiger partial charge on any atom is -0.466 e. The first kappa shape index (κ1) is 25.4. The summed E-state index contributed by atoms with van der Waals surface area (Å²) in [5, 5.41) is 9.31. The Balaban J connectivity index is 1.77. The molecule has 35 heavy (non-hydrogen) atoms. The van der Waals surface area contributed by atoms with E-state index in [1.807, 2.05) is 32.0 Å². The summed E-state index contributed by atoms with van der Waals surface area (Å²) in [6, 6.07) is 5.08. The highest BCUT2D eigenvalue weighted by atomic mass is 16.6. The van der Waals surface area contributed by atoms with E-state index in [-0.39, 0.29) is 31.6 Å². The predicted molar refractivity (Wildman–Crippen MR) is 131 cm³/mol. The number of benzene rings is 1. The normalized spacial score (nSPS) is 28.8. The third-order valence-corrected chi connectivity index (χ3v) is 7.63. The van der Waals surface area contributed by atoms with Gasteiger partial charge in [0.15, 0.2) is 0 Å². The lowest BCUT2D eigenvalue weighted by Gasteiger charge is -2.37. The topological polar surface area (TPSA) is 96.4 Å². The number of rotatable bonds is 10. The maximum Gasteiger partial charge on any atom is 0.312 e. The van der Waals surface area contributed by atoms with Crippen LogP contribution in [0.1, 0.15) is 43.7 Å². The number of carbonyl (C=O) groups is 3. The lowest BCUT2D eigenvalue weighted by atomic mass is 9.70. The first-order chi connectivity index (χ1) is 16.8. The Hall–Kier alpha value is -2.71. The second-order valence-corrected chi connectivity index (χ2v) is 9.80. The Kier molecular flexibility index (Phi) is 7.33. The summed E-state index contributed by atoms with van der Waals surface area (Å²) in [6.07, 6.45) is 3.45. The van der Waals surface area contributed by atoms with Gasteiger partial charge in [0.1, 0.15) is 11.6 Å². The van der Waals surface area contributed by atoms with E-state index in [4.69, 9.17) is 9.47 Å². The Morgan fingerprint density at radius 1 is 1.34 bits per heavy atom. The van der Waals surface area contributed by atoms with E-state index in [0.29, 0.717) is 32.2 Å². The molecule has 4 rings (SSSR count). The molecule has 3 aliphatic heterocycles. The Morgan fingerprint density at radius 3 is 2.80 bits per heavy atom. The smallest absolute Gasteiger partial charge is 0.312 e. The molecule has 8 nitrogen and oxygen atoms in total. The van der Waals surface area contributed by atoms with Crippen molar-refractivity contribution in [1.82, 2.24) is 4.90 Å². The van der Waals surface area contributed by atoms with Crippen molar-refractivity contribution >= 4 is 23.5 Å². The van der Waals surface area contributed by atoms with Crippen LogP contribution in [0.15, 0.2) is 30.9 Å². The molecule has 2 bridgehead atoms. The molecule has 3 heterocycles. The van der Waals surface area contributed by atoms with E-state index in [1.165, 1.54) is 0 Å². The minimum atomic E-state index is -1.06. The number of carbonyl (C=O) groups excluding carboxylic acids is 3. The van der Waals surface area contributed by atoms with Crippen LogP contribution >= 0.6 is 0 Å². The largest absolute Gasteiger partial charge is 0.466 e. The van der Waals surface area contributed by atoms with Crippen molar-refractivity contribution in [3.63, 3.8) is 0 Å². The molecule has 1 spiro atoms. The van der Waals surface area contributed by atoms with Crippen LogP contribution in [0.3, 0.4) is 0 Å². The number of fused-ring (bicyclic) bond motifs is 1. The van der Waals surface area contributed by atoms with Gasteiger partial charge in [-0.05, 0) is 63.6 Å². The molecule has 5 atom stereocenters. The Morgan fingerprint density at radius 2 is 2.11 bits per heavy atom. The average Bonchev–Trinajstić information content (AvgIpc) is 3.47. The number of amides is 2. The van der Waals surface area contributed by atoms with Gasteiger partial charge in [-0.25, -0.2) is 0 Å². The molecular weight excluding hydrogens is 448 g/mol. The predicted octanol–water partition coefficient (Wildman–Crippen LogP) is 2.53. The van der Waals surface area contributed by atoms with Gasteiger partial charge in [-0.3, -0.25) is 14.4 Å². The molecule has 190 valence electrons. The number of anilines is 1. The SMILES string of the molecule is C=CCN(C(=O)[C@@H]1N(CCCCO)C(=O)[C@H]2[C@H](C(=O)OCC)[C@@H]3CC[C@]12O3)c1cc(C)ccc1C. The first-order valence-electron chi connectivity index (χ1n) is 12.6. The van der Waals surface area contributed by atoms with Gasteiger partial charge in [0.25, 0.3) is 5.91 Å². The number of aliphatic hydroxyl groups is 1. The fourth-order valence-electron chi connectivity index (χ4n) is 6.17. The summed E-state index contributed by atoms with van der Waals surface area (Å²) in [7, 11) is 0. The maximum absolute atomic E-state index is 14.4. The molecule has 1 aromatic carbocycles. The zero-order valence-electron chi connectivity index (χ0n) is 20.9. The minimum absolute atomic E-state index is 0.00428. The quantitative estimate of drug-likeness (QED) is 0.312. The number of aliphatic hydroxyl groups excluding tert-OH is 1. The highest BCUT2D eigenvalue weighted by molar-refractivity contribution is 6.05. The van der Waals surface area contributed by atoms with E-state index < -0.39 is 35.6 Å². The number of nitrogens with zero attached hydrogens (tertiary/aromatic N) is 2. The lowest BCUT2D eigenvalue weighted by Crippen LogP contribution is -2.56. The molecule has 0 saturated carbocycles. The molecule has 2 amide bonds. The van der Waals surface area contributed by atoms with Crippen molar-refractivity contribution in [2.75, 3.05) is 31.2 Å². The van der Waals surface area contributed by atoms with Crippen molar-refractivity contribution in [3.05, 3.63) is 42.0 Å². The van der Waals surface area contributed by atoms with Crippen LogP contribution in [0.2, 0.25) is 0 Å². The van der Waals surface area contributed by atoms with E-state index in [2.05, 4.69) is 6.58 Å². The van der Waals surface area contributed by atoms with Crippen LogP contribution in [0.4, 0.5) is 5.69 Å². The summed E-state index contributed by atoms with van der Waals surface area (Å²) in [4.78, 5) is 44.3. The van der Waals surface area contributed by atoms with Crippen molar-refractivity contribution in [2.24, 2.45) is 11.8 Å². The summed E-state index contributed by atoms with van der Waals surface area (Å²) >= 11 is 0. The summed E-state index contributed by atoms with van der Waals surface area (Å²) < 4.78 is 11.8. The van der Waals surface area contributed by atoms with Crippen molar-refractivity contribution in [3.8, 4) is 0 Å². The fraction of sp³-hybridized carbons (Fsp3) is 0.593. The molecule has 0 unspecified atom stereocenters. The number of esters is 1. The van der Waals surface area contributed by atoms with Crippen LogP contribution in [0.25, 0.3) is 0 Å². The molecule has 3 fully saturated rings. The zero-order valence-corrected chi connectivity index (χ0v) is 20.9. The molecule has 3 saturated heterocycles. The van der Waals surface area contributed by atoms with Gasteiger partial charge in [0.2, 0.25) is 5.91 Å². The fourth-order valence-corrected chi connectivity index (χ4v) is 6.17. The number of unbranched alkanes of at least 4 members (excludes halogenated alkanes) is 1. The van der Waals surface area contributed by atoms with Gasteiger partial charge in [-0.15, -0.1) is 6.58 Å². The average molecular weight is 485 g/mol. The molecule has 3 aliphatic rings. The zero-order chi connectivity index (χ0) is 25.3. The first-order valence-corrected chi connectivity index (χ1v) is 12.6. The summed E-state index contributed by atoms with van der Waals surface area (Å²) in [5.74, 6) is -2.35. The monoisotopic (exact) mass is 484 g/mol. The number of hydrogen-bond acceptors (Lipinski definition) is 6. The molecule has 0 aliphatic carbocycles. The van der Waals surface area contributed by atoms with Gasteiger partial charge in [0.05, 0.1) is 24.5 Å². The number of ether oxygens (including phenoxy) is 2.